The minimum absolute atomic E-state index is 0.0363. The second-order valence-electron chi connectivity index (χ2n) is 5.46. The molecule has 0 aliphatic rings. The zero-order chi connectivity index (χ0) is 18.0. The molecule has 0 aliphatic carbocycles. The molecule has 0 spiro atoms. The lowest BCUT2D eigenvalue weighted by atomic mass is 10.2. The van der Waals surface area contributed by atoms with E-state index in [4.69, 9.17) is 0 Å². The number of aromatic nitrogens is 1. The highest BCUT2D eigenvalue weighted by Gasteiger charge is 2.15. The van der Waals surface area contributed by atoms with E-state index in [9.17, 15) is 12.8 Å². The zero-order valence-corrected chi connectivity index (χ0v) is 15.3. The number of hydrogen-bond acceptors (Lipinski definition) is 3. The second-order valence-corrected chi connectivity index (χ2v) is 8.07. The van der Waals surface area contributed by atoms with Crippen LogP contribution in [0, 0.1) is 5.82 Å². The molecule has 25 heavy (non-hydrogen) atoms. The number of nitrogens with zero attached hydrogens (tertiary/aromatic N) is 2. The van der Waals surface area contributed by atoms with E-state index in [-0.39, 0.29) is 4.90 Å². The molecular formula is C18H17FN2O2S2. The molecule has 0 saturated heterocycles. The Labute approximate surface area is 149 Å². The summed E-state index contributed by atoms with van der Waals surface area (Å²) in [5.41, 5.74) is 2.09. The van der Waals surface area contributed by atoms with Crippen molar-refractivity contribution >= 4 is 31.6 Å². The van der Waals surface area contributed by atoms with E-state index in [0.717, 1.165) is 28.8 Å². The molecule has 4 nitrogen and oxygen atoms in total. The van der Waals surface area contributed by atoms with Crippen molar-refractivity contribution in [2.75, 3.05) is 0 Å². The first-order valence-corrected chi connectivity index (χ1v) is 10.00. The van der Waals surface area contributed by atoms with Crippen LogP contribution >= 0.6 is 11.3 Å². The molecule has 1 heterocycles. The van der Waals surface area contributed by atoms with Gasteiger partial charge in [0.2, 0.25) is 4.80 Å². The number of fused-ring (bicyclic) bond motifs is 1. The van der Waals surface area contributed by atoms with E-state index in [1.807, 2.05) is 22.8 Å². The third kappa shape index (κ3) is 3.57. The van der Waals surface area contributed by atoms with Gasteiger partial charge in [0.1, 0.15) is 5.82 Å². The van der Waals surface area contributed by atoms with Crippen molar-refractivity contribution in [2.45, 2.75) is 24.8 Å². The monoisotopic (exact) mass is 376 g/mol. The van der Waals surface area contributed by atoms with Crippen LogP contribution in [0.15, 0.2) is 64.4 Å². The molecule has 3 aromatic rings. The third-order valence-electron chi connectivity index (χ3n) is 3.78. The summed E-state index contributed by atoms with van der Waals surface area (Å²) in [6.45, 7) is 6.25. The highest BCUT2D eigenvalue weighted by molar-refractivity contribution is 7.90. The van der Waals surface area contributed by atoms with Crippen LogP contribution in [0.5, 0.6) is 0 Å². The minimum Gasteiger partial charge on any atom is -0.312 e. The first kappa shape index (κ1) is 17.6. The molecule has 7 heteroatoms. The number of benzene rings is 2. The first-order valence-electron chi connectivity index (χ1n) is 7.74. The van der Waals surface area contributed by atoms with Crippen molar-refractivity contribution in [1.29, 1.82) is 0 Å². The Morgan fingerprint density at radius 3 is 2.60 bits per heavy atom. The lowest BCUT2D eigenvalue weighted by Gasteiger charge is -2.02. The van der Waals surface area contributed by atoms with E-state index in [2.05, 4.69) is 17.9 Å². The van der Waals surface area contributed by atoms with Gasteiger partial charge in [0.05, 0.1) is 15.1 Å². The Bertz CT molecular complexity index is 1090. The SMILES string of the molecule is C=CCn1/c(=N/S(=O)(=O)c2ccc(F)cc2)sc2cc(CC)ccc21. The van der Waals surface area contributed by atoms with Gasteiger partial charge in [-0.25, -0.2) is 4.39 Å². The Kier molecular flexibility index (Phi) is 4.87. The minimum atomic E-state index is -3.92. The summed E-state index contributed by atoms with van der Waals surface area (Å²) in [5.74, 6) is -0.491. The number of hydrogen-bond donors (Lipinski definition) is 0. The number of allylic oxidation sites excluding steroid dienone is 1. The summed E-state index contributed by atoms with van der Waals surface area (Å²) in [5, 5.41) is 0. The van der Waals surface area contributed by atoms with Crippen LogP contribution in [0.4, 0.5) is 4.39 Å². The smallest absolute Gasteiger partial charge is 0.285 e. The van der Waals surface area contributed by atoms with Gasteiger partial charge in [0.15, 0.2) is 0 Å². The van der Waals surface area contributed by atoms with Crippen LogP contribution in [0.3, 0.4) is 0 Å². The van der Waals surface area contributed by atoms with Gasteiger partial charge in [-0.2, -0.15) is 8.42 Å². The molecule has 130 valence electrons. The van der Waals surface area contributed by atoms with Crippen molar-refractivity contribution in [1.82, 2.24) is 4.57 Å². The molecule has 3 rings (SSSR count). The van der Waals surface area contributed by atoms with Crippen LogP contribution in [0.1, 0.15) is 12.5 Å². The standard InChI is InChI=1S/C18H17FN2O2S2/c1-3-11-21-16-10-5-13(4-2)12-17(16)24-18(21)20-25(22,23)15-8-6-14(19)7-9-15/h3,5-10,12H,1,4,11H2,2H3/b20-18-. The summed E-state index contributed by atoms with van der Waals surface area (Å²) in [4.78, 5) is 0.332. The fraction of sp³-hybridized carbons (Fsp3) is 0.167. The fourth-order valence-corrected chi connectivity index (χ4v) is 4.78. The van der Waals surface area contributed by atoms with Crippen molar-refractivity contribution in [3.8, 4) is 0 Å². The molecule has 0 atom stereocenters. The first-order chi connectivity index (χ1) is 11.9. The Hall–Kier alpha value is -2.25. The van der Waals surface area contributed by atoms with Crippen molar-refractivity contribution in [3.05, 3.63) is 71.3 Å². The topological polar surface area (TPSA) is 51.4 Å². The highest BCUT2D eigenvalue weighted by atomic mass is 32.2. The summed E-state index contributed by atoms with van der Waals surface area (Å²) in [6.07, 6.45) is 2.60. The Balaban J connectivity index is 2.22. The zero-order valence-electron chi connectivity index (χ0n) is 13.6. The molecular weight excluding hydrogens is 359 g/mol. The second kappa shape index (κ2) is 6.93. The maximum Gasteiger partial charge on any atom is 0.285 e. The normalized spacial score (nSPS) is 12.6. The van der Waals surface area contributed by atoms with E-state index in [0.29, 0.717) is 11.3 Å². The predicted octanol–water partition coefficient (Wildman–Crippen LogP) is 3.88. The summed E-state index contributed by atoms with van der Waals surface area (Å²) < 4.78 is 44.9. The van der Waals surface area contributed by atoms with Gasteiger partial charge in [-0.05, 0) is 48.4 Å². The number of halogens is 1. The average molecular weight is 376 g/mol. The van der Waals surface area contributed by atoms with Gasteiger partial charge in [-0.3, -0.25) is 0 Å². The molecule has 0 N–H and O–H groups in total. The van der Waals surface area contributed by atoms with Gasteiger partial charge in [0, 0.05) is 6.54 Å². The van der Waals surface area contributed by atoms with Crippen LogP contribution in [-0.2, 0) is 23.0 Å². The maximum atomic E-state index is 13.0. The molecule has 0 unspecified atom stereocenters. The average Bonchev–Trinajstić information content (AvgIpc) is 2.91. The molecule has 0 bridgehead atoms. The number of sulfonamides is 1. The molecule has 0 radical (unpaired) electrons. The Morgan fingerprint density at radius 2 is 1.96 bits per heavy atom. The van der Waals surface area contributed by atoms with Gasteiger partial charge < -0.3 is 4.57 Å². The van der Waals surface area contributed by atoms with Gasteiger partial charge >= 0.3 is 0 Å². The van der Waals surface area contributed by atoms with Gasteiger partial charge in [0.25, 0.3) is 10.0 Å². The van der Waals surface area contributed by atoms with Crippen LogP contribution in [-0.4, -0.2) is 13.0 Å². The summed E-state index contributed by atoms with van der Waals surface area (Å²) >= 11 is 1.31. The van der Waals surface area contributed by atoms with E-state index >= 15 is 0 Å². The Morgan fingerprint density at radius 1 is 1.24 bits per heavy atom. The lowest BCUT2D eigenvalue weighted by Crippen LogP contribution is -2.16. The molecule has 0 amide bonds. The quantitative estimate of drug-likeness (QED) is 0.635. The maximum absolute atomic E-state index is 13.0. The number of thiazole rings is 1. The summed E-state index contributed by atoms with van der Waals surface area (Å²) in [6, 6.07) is 10.7. The lowest BCUT2D eigenvalue weighted by molar-refractivity contribution is 0.594. The van der Waals surface area contributed by atoms with Crippen LogP contribution in [0.2, 0.25) is 0 Å². The highest BCUT2D eigenvalue weighted by Crippen LogP contribution is 2.21. The van der Waals surface area contributed by atoms with E-state index in [1.165, 1.54) is 29.0 Å². The number of aryl methyl sites for hydroxylation is 1. The summed E-state index contributed by atoms with van der Waals surface area (Å²) in [7, 11) is -3.92. The fourth-order valence-electron chi connectivity index (χ4n) is 2.48. The molecule has 0 saturated carbocycles. The van der Waals surface area contributed by atoms with Crippen molar-refractivity contribution in [2.24, 2.45) is 4.40 Å². The molecule has 0 fully saturated rings. The molecule has 2 aromatic carbocycles. The van der Waals surface area contributed by atoms with Gasteiger partial charge in [-0.15, -0.1) is 11.0 Å². The van der Waals surface area contributed by atoms with Crippen LogP contribution < -0.4 is 4.80 Å². The molecule has 0 aliphatic heterocycles. The van der Waals surface area contributed by atoms with Crippen molar-refractivity contribution in [3.63, 3.8) is 0 Å². The third-order valence-corrected chi connectivity index (χ3v) is 6.21. The largest absolute Gasteiger partial charge is 0.312 e. The number of rotatable bonds is 5. The molecule has 1 aromatic heterocycles. The van der Waals surface area contributed by atoms with Crippen molar-refractivity contribution < 1.29 is 12.8 Å². The van der Waals surface area contributed by atoms with Gasteiger partial charge in [-0.1, -0.05) is 30.4 Å². The van der Waals surface area contributed by atoms with E-state index in [1.54, 1.807) is 6.08 Å². The van der Waals surface area contributed by atoms with Crippen LogP contribution in [0.25, 0.3) is 10.2 Å². The van der Waals surface area contributed by atoms with E-state index < -0.39 is 15.8 Å². The predicted molar refractivity (Wildman–Crippen MR) is 98.5 cm³/mol.